The molecule has 0 unspecified atom stereocenters. The van der Waals surface area contributed by atoms with Crippen LogP contribution in [0.15, 0.2) is 62.3 Å². The molecule has 21 heavy (non-hydrogen) atoms. The van der Waals surface area contributed by atoms with Gasteiger partial charge in [0.1, 0.15) is 16.9 Å². The highest BCUT2D eigenvalue weighted by Crippen LogP contribution is 2.34. The molecule has 106 valence electrons. The summed E-state index contributed by atoms with van der Waals surface area (Å²) in [6.07, 6.45) is 0. The van der Waals surface area contributed by atoms with Crippen LogP contribution in [-0.2, 0) is 5.75 Å². The van der Waals surface area contributed by atoms with Gasteiger partial charge in [0.15, 0.2) is 0 Å². The molecule has 0 aliphatic rings. The van der Waals surface area contributed by atoms with Gasteiger partial charge in [-0.25, -0.2) is 4.79 Å². The first kappa shape index (κ1) is 14.2. The number of fused-ring (bicyclic) bond motifs is 1. The number of hydrogen-bond donors (Lipinski definition) is 1. The van der Waals surface area contributed by atoms with Crippen molar-refractivity contribution in [3.63, 3.8) is 0 Å². The van der Waals surface area contributed by atoms with E-state index in [1.807, 2.05) is 36.4 Å². The predicted octanol–water partition coefficient (Wildman–Crippen LogP) is 5.19. The van der Waals surface area contributed by atoms with Crippen LogP contribution >= 0.6 is 27.7 Å². The van der Waals surface area contributed by atoms with Gasteiger partial charge in [-0.05, 0) is 34.1 Å². The Bertz CT molecular complexity index is 810. The summed E-state index contributed by atoms with van der Waals surface area (Å²) in [4.78, 5) is 12.5. The number of halogens is 1. The molecule has 3 aromatic rings. The van der Waals surface area contributed by atoms with Crippen LogP contribution in [-0.4, -0.2) is 11.1 Å². The first-order valence-corrected chi connectivity index (χ1v) is 8.05. The summed E-state index contributed by atoms with van der Waals surface area (Å²) in [6, 6.07) is 15.0. The monoisotopic (exact) mass is 362 g/mol. The fourth-order valence-electron chi connectivity index (χ4n) is 2.14. The SMILES string of the molecule is O=C(O)c1c(CSc2ccccc2Br)oc2ccccc12. The van der Waals surface area contributed by atoms with Crippen molar-refractivity contribution in [3.8, 4) is 0 Å². The zero-order valence-corrected chi connectivity index (χ0v) is 13.3. The first-order valence-electron chi connectivity index (χ1n) is 6.28. The molecule has 0 fully saturated rings. The van der Waals surface area contributed by atoms with Crippen LogP contribution in [0, 0.1) is 0 Å². The highest BCUT2D eigenvalue weighted by atomic mass is 79.9. The third kappa shape index (κ3) is 2.84. The molecule has 3 rings (SSSR count). The Morgan fingerprint density at radius 3 is 2.62 bits per heavy atom. The average Bonchev–Trinajstić information content (AvgIpc) is 2.85. The van der Waals surface area contributed by atoms with Crippen LogP contribution in [0.25, 0.3) is 11.0 Å². The Kier molecular flexibility index (Phi) is 4.03. The van der Waals surface area contributed by atoms with Crippen LogP contribution in [0.4, 0.5) is 0 Å². The van der Waals surface area contributed by atoms with Crippen LogP contribution in [0.1, 0.15) is 16.1 Å². The molecule has 0 radical (unpaired) electrons. The summed E-state index contributed by atoms with van der Waals surface area (Å²) in [7, 11) is 0. The van der Waals surface area contributed by atoms with Crippen molar-refractivity contribution < 1.29 is 14.3 Å². The van der Waals surface area contributed by atoms with Crippen LogP contribution < -0.4 is 0 Å². The van der Waals surface area contributed by atoms with Crippen molar-refractivity contribution in [2.24, 2.45) is 0 Å². The number of benzene rings is 2. The Hall–Kier alpha value is -1.72. The Labute approximate surface area is 134 Å². The first-order chi connectivity index (χ1) is 10.2. The fraction of sp³-hybridized carbons (Fsp3) is 0.0625. The van der Waals surface area contributed by atoms with Crippen molar-refractivity contribution >= 4 is 44.6 Å². The lowest BCUT2D eigenvalue weighted by atomic mass is 10.1. The van der Waals surface area contributed by atoms with E-state index in [2.05, 4.69) is 15.9 Å². The fourth-order valence-corrected chi connectivity index (χ4v) is 3.64. The van der Waals surface area contributed by atoms with E-state index in [-0.39, 0.29) is 5.56 Å². The van der Waals surface area contributed by atoms with E-state index >= 15 is 0 Å². The number of carbonyl (C=O) groups is 1. The van der Waals surface area contributed by atoms with Crippen molar-refractivity contribution in [1.82, 2.24) is 0 Å². The normalized spacial score (nSPS) is 10.9. The third-order valence-electron chi connectivity index (χ3n) is 3.08. The van der Waals surface area contributed by atoms with Gasteiger partial charge in [-0.3, -0.25) is 0 Å². The molecule has 1 N–H and O–H groups in total. The quantitative estimate of drug-likeness (QED) is 0.649. The Morgan fingerprint density at radius 2 is 1.86 bits per heavy atom. The molecule has 1 aromatic heterocycles. The lowest BCUT2D eigenvalue weighted by Crippen LogP contribution is -1.98. The van der Waals surface area contributed by atoms with E-state index in [4.69, 9.17) is 4.42 Å². The van der Waals surface area contributed by atoms with E-state index in [0.29, 0.717) is 22.5 Å². The van der Waals surface area contributed by atoms with E-state index in [0.717, 1.165) is 9.37 Å². The molecule has 0 aliphatic carbocycles. The van der Waals surface area contributed by atoms with Gasteiger partial charge in [-0.15, -0.1) is 11.8 Å². The van der Waals surface area contributed by atoms with Crippen molar-refractivity contribution in [2.75, 3.05) is 0 Å². The average molecular weight is 363 g/mol. The summed E-state index contributed by atoms with van der Waals surface area (Å²) in [5.74, 6) is 0.00554. The summed E-state index contributed by atoms with van der Waals surface area (Å²) in [6.45, 7) is 0. The number of furan rings is 1. The number of carboxylic acids is 1. The summed E-state index contributed by atoms with van der Waals surface area (Å²) in [5, 5.41) is 10.1. The third-order valence-corrected chi connectivity index (χ3v) is 5.11. The molecule has 0 atom stereocenters. The summed E-state index contributed by atoms with van der Waals surface area (Å²) >= 11 is 5.03. The van der Waals surface area contributed by atoms with E-state index in [1.54, 1.807) is 23.9 Å². The molecular weight excluding hydrogens is 352 g/mol. The zero-order chi connectivity index (χ0) is 14.8. The topological polar surface area (TPSA) is 50.4 Å². The van der Waals surface area contributed by atoms with Gasteiger partial charge < -0.3 is 9.52 Å². The van der Waals surface area contributed by atoms with Gasteiger partial charge in [0.05, 0.1) is 5.75 Å². The van der Waals surface area contributed by atoms with Crippen molar-refractivity contribution in [1.29, 1.82) is 0 Å². The molecule has 2 aromatic carbocycles. The molecule has 0 bridgehead atoms. The largest absolute Gasteiger partial charge is 0.478 e. The number of thioether (sulfide) groups is 1. The van der Waals surface area contributed by atoms with E-state index in [9.17, 15) is 9.90 Å². The summed E-state index contributed by atoms with van der Waals surface area (Å²) in [5.41, 5.74) is 0.864. The minimum absolute atomic E-state index is 0.255. The molecule has 0 spiro atoms. The smallest absolute Gasteiger partial charge is 0.339 e. The van der Waals surface area contributed by atoms with Gasteiger partial charge in [0.25, 0.3) is 0 Å². The van der Waals surface area contributed by atoms with Gasteiger partial charge in [-0.2, -0.15) is 0 Å². The van der Waals surface area contributed by atoms with Gasteiger partial charge >= 0.3 is 5.97 Å². The molecule has 3 nitrogen and oxygen atoms in total. The van der Waals surface area contributed by atoms with E-state index < -0.39 is 5.97 Å². The molecule has 1 heterocycles. The molecule has 0 amide bonds. The standard InChI is InChI=1S/C16H11BrO3S/c17-11-6-2-4-8-14(11)21-9-13-15(16(18)19)10-5-1-3-7-12(10)20-13/h1-8H,9H2,(H,18,19). The Balaban J connectivity index is 1.95. The van der Waals surface area contributed by atoms with Crippen LogP contribution in [0.3, 0.4) is 0 Å². The van der Waals surface area contributed by atoms with Gasteiger partial charge in [0.2, 0.25) is 0 Å². The van der Waals surface area contributed by atoms with Crippen molar-refractivity contribution in [2.45, 2.75) is 10.6 Å². The second kappa shape index (κ2) is 5.95. The highest BCUT2D eigenvalue weighted by molar-refractivity contribution is 9.10. The number of aromatic carboxylic acids is 1. The lowest BCUT2D eigenvalue weighted by molar-refractivity contribution is 0.0697. The van der Waals surface area contributed by atoms with Crippen LogP contribution in [0.5, 0.6) is 0 Å². The molecular formula is C16H11BrO3S. The zero-order valence-electron chi connectivity index (χ0n) is 10.9. The second-order valence-corrected chi connectivity index (χ2v) is 6.29. The molecule has 5 heteroatoms. The maximum atomic E-state index is 11.5. The molecule has 0 saturated heterocycles. The van der Waals surface area contributed by atoms with E-state index in [1.165, 1.54) is 0 Å². The maximum Gasteiger partial charge on any atom is 0.339 e. The van der Waals surface area contributed by atoms with Crippen molar-refractivity contribution in [3.05, 3.63) is 64.3 Å². The molecule has 0 saturated carbocycles. The van der Waals surface area contributed by atoms with Gasteiger partial charge in [0, 0.05) is 14.8 Å². The number of hydrogen-bond acceptors (Lipinski definition) is 3. The maximum absolute atomic E-state index is 11.5. The number of rotatable bonds is 4. The number of carboxylic acid groups (broad SMARTS) is 1. The van der Waals surface area contributed by atoms with Crippen LogP contribution in [0.2, 0.25) is 0 Å². The van der Waals surface area contributed by atoms with Gasteiger partial charge in [-0.1, -0.05) is 30.3 Å². The molecule has 0 aliphatic heterocycles. The highest BCUT2D eigenvalue weighted by Gasteiger charge is 2.20. The Morgan fingerprint density at radius 1 is 1.14 bits per heavy atom. The second-order valence-electron chi connectivity index (χ2n) is 4.42. The lowest BCUT2D eigenvalue weighted by Gasteiger charge is -2.03. The minimum atomic E-state index is -0.956. The summed E-state index contributed by atoms with van der Waals surface area (Å²) < 4.78 is 6.69. The predicted molar refractivity (Wildman–Crippen MR) is 86.9 cm³/mol. The number of para-hydroxylation sites is 1. The minimum Gasteiger partial charge on any atom is -0.478 e.